The predicted molar refractivity (Wildman–Crippen MR) is 166 cm³/mol. The van der Waals surface area contributed by atoms with Crippen molar-refractivity contribution in [1.82, 2.24) is 4.67 Å². The van der Waals surface area contributed by atoms with Crippen molar-refractivity contribution >= 4 is 17.9 Å². The van der Waals surface area contributed by atoms with Crippen molar-refractivity contribution in [3.8, 4) is 0 Å². The first-order chi connectivity index (χ1) is 19.6. The van der Waals surface area contributed by atoms with Crippen molar-refractivity contribution in [2.24, 2.45) is 0 Å². The molecule has 0 heterocycles. The Balaban J connectivity index is 1.71. The van der Waals surface area contributed by atoms with E-state index in [0.717, 1.165) is 28.2 Å². The predicted octanol–water partition coefficient (Wildman–Crippen LogP) is 7.71. The molecule has 40 heavy (non-hydrogen) atoms. The lowest BCUT2D eigenvalue weighted by Crippen LogP contribution is -2.41. The molecule has 3 atom stereocenters. The molecule has 0 radical (unpaired) electrons. The maximum absolute atomic E-state index is 15.9. The standard InChI is InChI=1S/C36H36NO2P/c1-29(31-19-9-3-10-20-31)37(40(39,33-23-13-5-14-24-33)34-25-15-6-16-26-34)36(32-21-11-4-12-22-32)35(38)28-27-30-17-7-2-8-18-30/h2-26,29,35-36,38H,27-28H2,1H3/t29-,35+,36-/m0/s1. The molecule has 0 saturated heterocycles. The first-order valence-corrected chi connectivity index (χ1v) is 15.6. The maximum Gasteiger partial charge on any atom is 0.208 e. The van der Waals surface area contributed by atoms with E-state index in [1.54, 1.807) is 0 Å². The summed E-state index contributed by atoms with van der Waals surface area (Å²) in [5.74, 6) is 0. The third kappa shape index (κ3) is 6.03. The molecule has 5 aromatic rings. The van der Waals surface area contributed by atoms with Gasteiger partial charge in [0.25, 0.3) is 0 Å². The van der Waals surface area contributed by atoms with Gasteiger partial charge in [0, 0.05) is 16.7 Å². The van der Waals surface area contributed by atoms with Crippen LogP contribution in [0.2, 0.25) is 0 Å². The second-order valence-electron chi connectivity index (χ2n) is 10.2. The number of rotatable bonds is 11. The van der Waals surface area contributed by atoms with Gasteiger partial charge in [-0.1, -0.05) is 127 Å². The van der Waals surface area contributed by atoms with Gasteiger partial charge in [0.15, 0.2) is 0 Å². The van der Waals surface area contributed by atoms with Gasteiger partial charge in [-0.3, -0.25) is 4.57 Å². The molecule has 0 unspecified atom stereocenters. The smallest absolute Gasteiger partial charge is 0.208 e. The summed E-state index contributed by atoms with van der Waals surface area (Å²) in [6.45, 7) is 2.10. The summed E-state index contributed by atoms with van der Waals surface area (Å²) >= 11 is 0. The van der Waals surface area contributed by atoms with Gasteiger partial charge in [0.2, 0.25) is 7.29 Å². The van der Waals surface area contributed by atoms with E-state index in [4.69, 9.17) is 0 Å². The monoisotopic (exact) mass is 545 g/mol. The lowest BCUT2D eigenvalue weighted by atomic mass is 9.94. The molecule has 4 heteroatoms. The minimum atomic E-state index is -3.45. The van der Waals surface area contributed by atoms with Crippen LogP contribution in [0.15, 0.2) is 152 Å². The Morgan fingerprint density at radius 2 is 1.00 bits per heavy atom. The largest absolute Gasteiger partial charge is 0.391 e. The van der Waals surface area contributed by atoms with Crippen LogP contribution in [0.5, 0.6) is 0 Å². The lowest BCUT2D eigenvalue weighted by Gasteiger charge is -2.44. The van der Waals surface area contributed by atoms with Gasteiger partial charge >= 0.3 is 0 Å². The number of hydrogen-bond acceptors (Lipinski definition) is 2. The van der Waals surface area contributed by atoms with Crippen LogP contribution < -0.4 is 10.6 Å². The molecule has 0 aliphatic heterocycles. The van der Waals surface area contributed by atoms with Gasteiger partial charge in [-0.05, 0) is 60.7 Å². The number of hydrogen-bond donors (Lipinski definition) is 1. The summed E-state index contributed by atoms with van der Waals surface area (Å²) in [6, 6.07) is 49.2. The Kier molecular flexibility index (Phi) is 9.08. The van der Waals surface area contributed by atoms with E-state index < -0.39 is 19.4 Å². The molecule has 0 aromatic heterocycles. The zero-order chi connectivity index (χ0) is 27.8. The molecular weight excluding hydrogens is 509 g/mol. The van der Waals surface area contributed by atoms with Gasteiger partial charge in [0.1, 0.15) is 0 Å². The molecule has 202 valence electrons. The number of aliphatic hydroxyl groups is 1. The molecule has 0 spiro atoms. The fraction of sp³-hybridized carbons (Fsp3) is 0.167. The van der Waals surface area contributed by atoms with E-state index in [0.29, 0.717) is 6.42 Å². The van der Waals surface area contributed by atoms with Crippen LogP contribution in [0.3, 0.4) is 0 Å². The third-order valence-electron chi connectivity index (χ3n) is 7.58. The van der Waals surface area contributed by atoms with Crippen molar-refractivity contribution in [1.29, 1.82) is 0 Å². The molecule has 1 N–H and O–H groups in total. The second kappa shape index (κ2) is 13.1. The first kappa shape index (κ1) is 27.8. The normalized spacial score (nSPS) is 14.0. The number of nitrogens with zero attached hydrogens (tertiary/aromatic N) is 1. The maximum atomic E-state index is 15.9. The molecule has 5 rings (SSSR count). The molecule has 0 aliphatic carbocycles. The minimum absolute atomic E-state index is 0.260. The van der Waals surface area contributed by atoms with E-state index in [-0.39, 0.29) is 6.04 Å². The van der Waals surface area contributed by atoms with Crippen LogP contribution in [-0.4, -0.2) is 15.9 Å². The summed E-state index contributed by atoms with van der Waals surface area (Å²) in [5.41, 5.74) is 3.16. The van der Waals surface area contributed by atoms with Crippen LogP contribution in [0, 0.1) is 0 Å². The summed E-state index contributed by atoms with van der Waals surface area (Å²) in [4.78, 5) is 0. The Hall–Kier alpha value is -3.75. The molecule has 0 amide bonds. The highest BCUT2D eigenvalue weighted by Gasteiger charge is 2.45. The minimum Gasteiger partial charge on any atom is -0.391 e. The van der Waals surface area contributed by atoms with Gasteiger partial charge in [0.05, 0.1) is 12.1 Å². The molecule has 0 aliphatic rings. The number of aryl methyl sites for hydroxylation is 1. The Morgan fingerprint density at radius 1 is 0.600 bits per heavy atom. The van der Waals surface area contributed by atoms with Crippen LogP contribution in [0.4, 0.5) is 0 Å². The van der Waals surface area contributed by atoms with Crippen molar-refractivity contribution in [2.75, 3.05) is 0 Å². The number of benzene rings is 5. The van der Waals surface area contributed by atoms with Gasteiger partial charge in [-0.2, -0.15) is 0 Å². The van der Waals surface area contributed by atoms with E-state index in [1.807, 2.05) is 127 Å². The highest BCUT2D eigenvalue weighted by molar-refractivity contribution is 7.76. The summed E-state index contributed by atoms with van der Waals surface area (Å²) < 4.78 is 18.0. The van der Waals surface area contributed by atoms with Crippen LogP contribution in [0.25, 0.3) is 0 Å². The molecule has 0 bridgehead atoms. The molecule has 3 nitrogen and oxygen atoms in total. The average molecular weight is 546 g/mol. The van der Waals surface area contributed by atoms with Gasteiger partial charge in [-0.15, -0.1) is 0 Å². The van der Waals surface area contributed by atoms with Crippen LogP contribution in [0.1, 0.15) is 42.1 Å². The Morgan fingerprint density at radius 3 is 1.48 bits per heavy atom. The van der Waals surface area contributed by atoms with Crippen LogP contribution in [-0.2, 0) is 11.0 Å². The number of aliphatic hydroxyl groups excluding tert-OH is 1. The third-order valence-corrected chi connectivity index (χ3v) is 10.8. The Bertz CT molecular complexity index is 1450. The van der Waals surface area contributed by atoms with Gasteiger partial charge < -0.3 is 5.11 Å². The molecule has 0 fully saturated rings. The van der Waals surface area contributed by atoms with Crippen LogP contribution >= 0.6 is 7.29 Å². The average Bonchev–Trinajstić information content (AvgIpc) is 3.04. The first-order valence-electron chi connectivity index (χ1n) is 13.9. The van der Waals surface area contributed by atoms with Crippen molar-refractivity contribution < 1.29 is 9.67 Å². The van der Waals surface area contributed by atoms with E-state index >= 15 is 4.57 Å². The Labute approximate surface area is 238 Å². The molecular formula is C36H36NO2P. The highest BCUT2D eigenvalue weighted by atomic mass is 31.2. The topological polar surface area (TPSA) is 40.5 Å². The highest BCUT2D eigenvalue weighted by Crippen LogP contribution is 2.57. The van der Waals surface area contributed by atoms with E-state index in [1.165, 1.54) is 5.56 Å². The van der Waals surface area contributed by atoms with E-state index in [2.05, 4.69) is 35.9 Å². The lowest BCUT2D eigenvalue weighted by molar-refractivity contribution is 0.0685. The van der Waals surface area contributed by atoms with Crippen molar-refractivity contribution in [2.45, 2.75) is 38.0 Å². The zero-order valence-electron chi connectivity index (χ0n) is 22.8. The summed E-state index contributed by atoms with van der Waals surface area (Å²) in [6.07, 6.45) is 0.486. The zero-order valence-corrected chi connectivity index (χ0v) is 23.7. The second-order valence-corrected chi connectivity index (χ2v) is 12.8. The van der Waals surface area contributed by atoms with Crippen molar-refractivity contribution in [3.63, 3.8) is 0 Å². The summed E-state index contributed by atoms with van der Waals surface area (Å²) in [7, 11) is -3.45. The molecule has 0 saturated carbocycles. The van der Waals surface area contributed by atoms with Crippen molar-refractivity contribution in [3.05, 3.63) is 168 Å². The van der Waals surface area contributed by atoms with E-state index in [9.17, 15) is 5.11 Å². The fourth-order valence-corrected chi connectivity index (χ4v) is 8.78. The fourth-order valence-electron chi connectivity index (χ4n) is 5.54. The van der Waals surface area contributed by atoms with Gasteiger partial charge in [-0.25, -0.2) is 4.67 Å². The molecule has 5 aromatic carbocycles. The SMILES string of the molecule is C[C@@H](c1ccccc1)N([C@@H](c1ccccc1)[C@H](O)CCc1ccccc1)P(=O)(c1ccccc1)c1ccccc1. The quantitative estimate of drug-likeness (QED) is 0.173. The summed E-state index contributed by atoms with van der Waals surface area (Å²) in [5, 5.41) is 13.6.